The van der Waals surface area contributed by atoms with E-state index in [0.29, 0.717) is 5.92 Å². The number of methoxy groups -OCH3 is 1. The predicted molar refractivity (Wildman–Crippen MR) is 66.7 cm³/mol. The summed E-state index contributed by atoms with van der Waals surface area (Å²) in [5.74, 6) is 0.657. The first-order valence-corrected chi connectivity index (χ1v) is 6.75. The van der Waals surface area contributed by atoms with Crippen LogP contribution in [0.5, 0.6) is 0 Å². The van der Waals surface area contributed by atoms with Crippen LogP contribution in [-0.2, 0) is 4.74 Å². The SMILES string of the molecule is COCC(C)CN1CCCC(NC2CC2)C1. The lowest BCUT2D eigenvalue weighted by Gasteiger charge is -2.34. The zero-order valence-corrected chi connectivity index (χ0v) is 10.7. The highest BCUT2D eigenvalue weighted by molar-refractivity contribution is 4.88. The van der Waals surface area contributed by atoms with E-state index in [-0.39, 0.29) is 0 Å². The van der Waals surface area contributed by atoms with Crippen LogP contribution >= 0.6 is 0 Å². The van der Waals surface area contributed by atoms with Gasteiger partial charge in [-0.3, -0.25) is 0 Å². The van der Waals surface area contributed by atoms with Gasteiger partial charge in [0.1, 0.15) is 0 Å². The highest BCUT2D eigenvalue weighted by Gasteiger charge is 2.27. The van der Waals surface area contributed by atoms with E-state index in [1.807, 2.05) is 0 Å². The van der Waals surface area contributed by atoms with Crippen molar-refractivity contribution in [2.24, 2.45) is 5.92 Å². The molecule has 1 N–H and O–H groups in total. The van der Waals surface area contributed by atoms with Crippen LogP contribution in [0, 0.1) is 5.92 Å². The first-order chi connectivity index (χ1) is 7.78. The highest BCUT2D eigenvalue weighted by atomic mass is 16.5. The lowest BCUT2D eigenvalue weighted by Crippen LogP contribution is -2.47. The fourth-order valence-electron chi connectivity index (χ4n) is 2.72. The maximum atomic E-state index is 5.20. The topological polar surface area (TPSA) is 24.5 Å². The summed E-state index contributed by atoms with van der Waals surface area (Å²) in [5.41, 5.74) is 0. The Balaban J connectivity index is 1.68. The fourth-order valence-corrected chi connectivity index (χ4v) is 2.72. The normalized spacial score (nSPS) is 29.2. The Morgan fingerprint density at radius 2 is 2.12 bits per heavy atom. The minimum absolute atomic E-state index is 0.657. The van der Waals surface area contributed by atoms with Gasteiger partial charge in [-0.25, -0.2) is 0 Å². The predicted octanol–water partition coefficient (Wildman–Crippen LogP) is 1.49. The van der Waals surface area contributed by atoms with Gasteiger partial charge in [-0.15, -0.1) is 0 Å². The van der Waals surface area contributed by atoms with Crippen LogP contribution in [0.25, 0.3) is 0 Å². The minimum Gasteiger partial charge on any atom is -0.384 e. The molecular weight excluding hydrogens is 200 g/mol. The smallest absolute Gasteiger partial charge is 0.0500 e. The molecule has 0 radical (unpaired) electrons. The van der Waals surface area contributed by atoms with Gasteiger partial charge >= 0.3 is 0 Å². The van der Waals surface area contributed by atoms with E-state index in [2.05, 4.69) is 17.1 Å². The Bertz CT molecular complexity index is 206. The van der Waals surface area contributed by atoms with Crippen LogP contribution < -0.4 is 5.32 Å². The third kappa shape index (κ3) is 4.04. The number of piperidine rings is 1. The van der Waals surface area contributed by atoms with Crippen molar-refractivity contribution in [3.8, 4) is 0 Å². The summed E-state index contributed by atoms with van der Waals surface area (Å²) in [7, 11) is 1.80. The number of nitrogens with zero attached hydrogens (tertiary/aromatic N) is 1. The fraction of sp³-hybridized carbons (Fsp3) is 1.00. The molecule has 0 spiro atoms. The molecule has 1 saturated heterocycles. The molecule has 2 fully saturated rings. The molecule has 3 nitrogen and oxygen atoms in total. The van der Waals surface area contributed by atoms with Gasteiger partial charge in [-0.1, -0.05) is 6.92 Å². The van der Waals surface area contributed by atoms with Gasteiger partial charge in [0, 0.05) is 38.9 Å². The summed E-state index contributed by atoms with van der Waals surface area (Å²) < 4.78 is 5.20. The molecule has 16 heavy (non-hydrogen) atoms. The van der Waals surface area contributed by atoms with Gasteiger partial charge in [0.15, 0.2) is 0 Å². The van der Waals surface area contributed by atoms with Crippen molar-refractivity contribution in [2.75, 3.05) is 33.4 Å². The van der Waals surface area contributed by atoms with Crippen LogP contribution in [-0.4, -0.2) is 50.3 Å². The quantitative estimate of drug-likeness (QED) is 0.742. The van der Waals surface area contributed by atoms with Gasteiger partial charge in [-0.2, -0.15) is 0 Å². The van der Waals surface area contributed by atoms with Crippen molar-refractivity contribution in [2.45, 2.75) is 44.7 Å². The number of nitrogens with one attached hydrogen (secondary N) is 1. The van der Waals surface area contributed by atoms with Crippen LogP contribution in [0.3, 0.4) is 0 Å². The Hall–Kier alpha value is -0.120. The molecule has 2 aliphatic rings. The molecule has 3 heteroatoms. The summed E-state index contributed by atoms with van der Waals surface area (Å²) in [4.78, 5) is 2.60. The van der Waals surface area contributed by atoms with Gasteiger partial charge < -0.3 is 15.0 Å². The molecule has 94 valence electrons. The molecule has 0 aromatic carbocycles. The summed E-state index contributed by atoms with van der Waals surface area (Å²) in [6, 6.07) is 1.59. The number of hydrogen-bond acceptors (Lipinski definition) is 3. The van der Waals surface area contributed by atoms with Crippen LogP contribution in [0.1, 0.15) is 32.6 Å². The minimum atomic E-state index is 0.657. The van der Waals surface area contributed by atoms with Crippen molar-refractivity contribution in [3.05, 3.63) is 0 Å². The Kier molecular flexibility index (Phi) is 4.62. The Labute approximate surface area is 99.5 Å². The van der Waals surface area contributed by atoms with Crippen molar-refractivity contribution in [1.29, 1.82) is 0 Å². The molecule has 2 rings (SSSR count). The van der Waals surface area contributed by atoms with Crippen LogP contribution in [0.2, 0.25) is 0 Å². The number of likely N-dealkylation sites (tertiary alicyclic amines) is 1. The van der Waals surface area contributed by atoms with E-state index in [0.717, 1.165) is 18.7 Å². The molecule has 0 amide bonds. The van der Waals surface area contributed by atoms with E-state index >= 15 is 0 Å². The van der Waals surface area contributed by atoms with Crippen molar-refractivity contribution < 1.29 is 4.74 Å². The summed E-state index contributed by atoms with van der Waals surface area (Å²) >= 11 is 0. The lowest BCUT2D eigenvalue weighted by molar-refractivity contribution is 0.111. The average Bonchev–Trinajstić information content (AvgIpc) is 3.02. The van der Waals surface area contributed by atoms with Gasteiger partial charge in [-0.05, 0) is 38.1 Å². The van der Waals surface area contributed by atoms with E-state index in [1.54, 1.807) is 7.11 Å². The number of hydrogen-bond donors (Lipinski definition) is 1. The summed E-state index contributed by atoms with van der Waals surface area (Å²) in [6.45, 7) is 6.87. The van der Waals surface area contributed by atoms with Crippen molar-refractivity contribution in [1.82, 2.24) is 10.2 Å². The summed E-state index contributed by atoms with van der Waals surface area (Å²) in [6.07, 6.45) is 5.52. The van der Waals surface area contributed by atoms with Crippen molar-refractivity contribution >= 4 is 0 Å². The molecule has 1 aliphatic carbocycles. The molecular formula is C13H26N2O. The third-order valence-corrected chi connectivity index (χ3v) is 3.58. The first kappa shape index (κ1) is 12.3. The highest BCUT2D eigenvalue weighted by Crippen LogP contribution is 2.22. The largest absolute Gasteiger partial charge is 0.384 e. The van der Waals surface area contributed by atoms with Gasteiger partial charge in [0.25, 0.3) is 0 Å². The molecule has 1 heterocycles. The van der Waals surface area contributed by atoms with E-state index in [9.17, 15) is 0 Å². The van der Waals surface area contributed by atoms with E-state index in [1.165, 1.54) is 45.3 Å². The van der Waals surface area contributed by atoms with E-state index in [4.69, 9.17) is 4.74 Å². The first-order valence-electron chi connectivity index (χ1n) is 6.75. The second-order valence-corrected chi connectivity index (χ2v) is 5.60. The zero-order valence-electron chi connectivity index (χ0n) is 10.7. The summed E-state index contributed by atoms with van der Waals surface area (Å²) in [5, 5.41) is 3.76. The maximum absolute atomic E-state index is 5.20. The standard InChI is InChI=1S/C13H26N2O/c1-11(10-16-2)8-15-7-3-4-13(9-15)14-12-5-6-12/h11-14H,3-10H2,1-2H3. The third-order valence-electron chi connectivity index (χ3n) is 3.58. The molecule has 0 aromatic heterocycles. The van der Waals surface area contributed by atoms with Crippen LogP contribution in [0.4, 0.5) is 0 Å². The van der Waals surface area contributed by atoms with Crippen molar-refractivity contribution in [3.63, 3.8) is 0 Å². The molecule has 1 aliphatic heterocycles. The molecule has 0 aromatic rings. The lowest BCUT2D eigenvalue weighted by atomic mass is 10.0. The number of ether oxygens (including phenoxy) is 1. The van der Waals surface area contributed by atoms with E-state index < -0.39 is 0 Å². The molecule has 1 saturated carbocycles. The zero-order chi connectivity index (χ0) is 11.4. The van der Waals surface area contributed by atoms with Gasteiger partial charge in [0.2, 0.25) is 0 Å². The molecule has 2 atom stereocenters. The maximum Gasteiger partial charge on any atom is 0.0500 e. The van der Waals surface area contributed by atoms with Gasteiger partial charge in [0.05, 0.1) is 0 Å². The molecule has 2 unspecified atom stereocenters. The second-order valence-electron chi connectivity index (χ2n) is 5.60. The number of rotatable bonds is 6. The van der Waals surface area contributed by atoms with Crippen LogP contribution in [0.15, 0.2) is 0 Å². The average molecular weight is 226 g/mol. The monoisotopic (exact) mass is 226 g/mol. The Morgan fingerprint density at radius 3 is 2.81 bits per heavy atom. The second kappa shape index (κ2) is 5.99. The molecule has 0 bridgehead atoms. The Morgan fingerprint density at radius 1 is 1.31 bits per heavy atom.